The Morgan fingerprint density at radius 2 is 1.78 bits per heavy atom. The molecule has 0 radical (unpaired) electrons. The first-order chi connectivity index (χ1) is 16.8. The Morgan fingerprint density at radius 3 is 2.31 bits per heavy atom. The van der Waals surface area contributed by atoms with Gasteiger partial charge >= 0.3 is 0 Å². The second-order valence-electron chi connectivity index (χ2n) is 10.1. The van der Waals surface area contributed by atoms with E-state index in [0.29, 0.717) is 12.2 Å². The highest BCUT2D eigenvalue weighted by atomic mass is 32.2. The van der Waals surface area contributed by atoms with E-state index in [2.05, 4.69) is 68.3 Å². The standard InChI is InChI=1S/C18H26N2S.C12H18N2O/c1-5-13(2)12-16(17(20)10-11-19)15(4)21-18-9-7-6-8-14(18)3;1-8-6-7-10(13-9(8)2)14-11(15)12(3,4)5/h6-9,11-12,15,19H,5,10,20H2,1-4H3;6-7H,1-5H3,(H,13,14,15)/b13-12-,17-16-,19-11?;. The zero-order chi connectivity index (χ0) is 27.5. The summed E-state index contributed by atoms with van der Waals surface area (Å²) in [5.74, 6) is 0.608. The number of carbonyl (C=O) groups excluding carboxylic acids is 1. The molecule has 4 N–H and O–H groups in total. The summed E-state index contributed by atoms with van der Waals surface area (Å²) in [6.07, 6.45) is 5.09. The molecular formula is C30H44N4OS. The van der Waals surface area contributed by atoms with Crippen LogP contribution in [0.25, 0.3) is 0 Å². The molecule has 6 heteroatoms. The zero-order valence-corrected chi connectivity index (χ0v) is 24.3. The van der Waals surface area contributed by atoms with Crippen molar-refractivity contribution in [1.82, 2.24) is 4.98 Å². The maximum absolute atomic E-state index is 11.7. The van der Waals surface area contributed by atoms with Crippen LogP contribution in [-0.2, 0) is 4.79 Å². The molecule has 1 amide bonds. The largest absolute Gasteiger partial charge is 0.401 e. The van der Waals surface area contributed by atoms with Crippen molar-refractivity contribution in [2.75, 3.05) is 5.32 Å². The fraction of sp³-hybridized carbons (Fsp3) is 0.433. The molecule has 0 aliphatic heterocycles. The van der Waals surface area contributed by atoms with Crippen LogP contribution >= 0.6 is 11.8 Å². The Kier molecular flexibility index (Phi) is 12.7. The van der Waals surface area contributed by atoms with Crippen molar-refractivity contribution in [3.8, 4) is 0 Å². The molecule has 5 nitrogen and oxygen atoms in total. The minimum atomic E-state index is -0.388. The van der Waals surface area contributed by atoms with Gasteiger partial charge in [-0.2, -0.15) is 0 Å². The van der Waals surface area contributed by atoms with Gasteiger partial charge < -0.3 is 16.5 Å². The van der Waals surface area contributed by atoms with Crippen LogP contribution in [-0.4, -0.2) is 22.4 Å². The fourth-order valence-electron chi connectivity index (χ4n) is 3.01. The molecule has 0 bridgehead atoms. The number of nitrogens with two attached hydrogens (primary N) is 1. The number of nitrogens with one attached hydrogen (secondary N) is 2. The molecule has 2 aromatic rings. The number of hydrogen-bond donors (Lipinski definition) is 3. The molecule has 0 fully saturated rings. The molecule has 2 rings (SSSR count). The van der Waals surface area contributed by atoms with E-state index in [1.54, 1.807) is 0 Å². The first kappa shape index (κ1) is 31.2. The number of allylic oxidation sites excluding steroid dienone is 3. The van der Waals surface area contributed by atoms with E-state index < -0.39 is 0 Å². The van der Waals surface area contributed by atoms with Gasteiger partial charge in [0, 0.05) is 39.6 Å². The molecule has 0 saturated carbocycles. The van der Waals surface area contributed by atoms with Crippen molar-refractivity contribution < 1.29 is 4.79 Å². The van der Waals surface area contributed by atoms with Gasteiger partial charge in [-0.3, -0.25) is 4.79 Å². The van der Waals surface area contributed by atoms with Crippen LogP contribution in [0.2, 0.25) is 0 Å². The molecule has 36 heavy (non-hydrogen) atoms. The third-order valence-electron chi connectivity index (χ3n) is 5.76. The van der Waals surface area contributed by atoms with E-state index in [4.69, 9.17) is 11.1 Å². The van der Waals surface area contributed by atoms with Crippen molar-refractivity contribution in [1.29, 1.82) is 5.41 Å². The van der Waals surface area contributed by atoms with Crippen LogP contribution in [0.4, 0.5) is 5.82 Å². The van der Waals surface area contributed by atoms with E-state index in [0.717, 1.165) is 28.9 Å². The first-order valence-corrected chi connectivity index (χ1v) is 13.3. The second kappa shape index (κ2) is 14.6. The summed E-state index contributed by atoms with van der Waals surface area (Å²) in [4.78, 5) is 17.3. The Bertz CT molecular complexity index is 1100. The predicted molar refractivity (Wildman–Crippen MR) is 157 cm³/mol. The van der Waals surface area contributed by atoms with Crippen LogP contribution in [0.3, 0.4) is 0 Å². The predicted octanol–water partition coefficient (Wildman–Crippen LogP) is 7.77. The zero-order valence-electron chi connectivity index (χ0n) is 23.5. The molecular weight excluding hydrogens is 464 g/mol. The number of thioether (sulfide) groups is 1. The molecule has 1 atom stereocenters. The molecule has 0 saturated heterocycles. The van der Waals surface area contributed by atoms with Crippen LogP contribution in [0.1, 0.15) is 71.2 Å². The highest BCUT2D eigenvalue weighted by Gasteiger charge is 2.21. The average Bonchev–Trinajstić information content (AvgIpc) is 2.81. The topological polar surface area (TPSA) is 91.9 Å². The first-order valence-electron chi connectivity index (χ1n) is 12.4. The lowest BCUT2D eigenvalue weighted by Gasteiger charge is -2.17. The molecule has 196 valence electrons. The van der Waals surface area contributed by atoms with Crippen molar-refractivity contribution in [3.63, 3.8) is 0 Å². The Morgan fingerprint density at radius 1 is 1.14 bits per heavy atom. The number of benzene rings is 1. The Labute approximate surface area is 222 Å². The van der Waals surface area contributed by atoms with E-state index in [9.17, 15) is 4.79 Å². The highest BCUT2D eigenvalue weighted by Crippen LogP contribution is 2.32. The molecule has 0 spiro atoms. The molecule has 1 heterocycles. The molecule has 1 unspecified atom stereocenters. The van der Waals surface area contributed by atoms with Crippen LogP contribution in [0, 0.1) is 31.6 Å². The maximum atomic E-state index is 11.7. The number of nitrogens with zero attached hydrogens (tertiary/aromatic N) is 1. The number of carbonyl (C=O) groups is 1. The minimum Gasteiger partial charge on any atom is -0.401 e. The van der Waals surface area contributed by atoms with Crippen molar-refractivity contribution in [2.45, 2.75) is 85.3 Å². The summed E-state index contributed by atoms with van der Waals surface area (Å²) < 4.78 is 0. The summed E-state index contributed by atoms with van der Waals surface area (Å²) in [6.45, 7) is 18.2. The smallest absolute Gasteiger partial charge is 0.230 e. The van der Waals surface area contributed by atoms with Crippen LogP contribution in [0.5, 0.6) is 0 Å². The number of pyridine rings is 1. The lowest BCUT2D eigenvalue weighted by molar-refractivity contribution is -0.123. The third-order valence-corrected chi connectivity index (χ3v) is 7.08. The van der Waals surface area contributed by atoms with E-state index in [1.165, 1.54) is 22.2 Å². The monoisotopic (exact) mass is 508 g/mol. The number of aromatic nitrogens is 1. The van der Waals surface area contributed by atoms with Gasteiger partial charge in [0.2, 0.25) is 5.91 Å². The lowest BCUT2D eigenvalue weighted by Crippen LogP contribution is -2.28. The summed E-state index contributed by atoms with van der Waals surface area (Å²) in [5, 5.41) is 10.4. The third kappa shape index (κ3) is 10.4. The molecule has 0 aliphatic carbocycles. The highest BCUT2D eigenvalue weighted by molar-refractivity contribution is 8.00. The van der Waals surface area contributed by atoms with Gasteiger partial charge in [0.1, 0.15) is 5.82 Å². The number of anilines is 1. The number of amides is 1. The maximum Gasteiger partial charge on any atom is 0.230 e. The van der Waals surface area contributed by atoms with Gasteiger partial charge in [-0.25, -0.2) is 4.98 Å². The molecule has 1 aromatic carbocycles. The van der Waals surface area contributed by atoms with E-state index >= 15 is 0 Å². The number of rotatable bonds is 8. The van der Waals surface area contributed by atoms with Gasteiger partial charge in [0.05, 0.1) is 0 Å². The number of aryl methyl sites for hydroxylation is 3. The van der Waals surface area contributed by atoms with Crippen LogP contribution in [0.15, 0.2) is 64.2 Å². The second-order valence-corrected chi connectivity index (χ2v) is 11.4. The number of hydrogen-bond acceptors (Lipinski definition) is 5. The Hall–Kier alpha value is -2.86. The summed E-state index contributed by atoms with van der Waals surface area (Å²) in [7, 11) is 0. The summed E-state index contributed by atoms with van der Waals surface area (Å²) >= 11 is 1.83. The minimum absolute atomic E-state index is 0.0155. The lowest BCUT2D eigenvalue weighted by atomic mass is 9.96. The van der Waals surface area contributed by atoms with Crippen LogP contribution < -0.4 is 11.1 Å². The van der Waals surface area contributed by atoms with E-state index in [1.807, 2.05) is 58.5 Å². The van der Waals surface area contributed by atoms with Crippen molar-refractivity contribution in [2.24, 2.45) is 11.1 Å². The summed E-state index contributed by atoms with van der Waals surface area (Å²) in [6, 6.07) is 12.2. The normalized spacial score (nSPS) is 13.2. The SMILES string of the molecule is CC/C(C)=C\C(=C(\N)CC=N)C(C)Sc1ccccc1C.Cc1ccc(NC(=O)C(C)(C)C)nc1C. The van der Waals surface area contributed by atoms with Gasteiger partial charge in [-0.15, -0.1) is 11.8 Å². The van der Waals surface area contributed by atoms with Gasteiger partial charge in [0.25, 0.3) is 0 Å². The molecule has 0 aliphatic rings. The average molecular weight is 509 g/mol. The quantitative estimate of drug-likeness (QED) is 0.193. The van der Waals surface area contributed by atoms with Crippen molar-refractivity contribution >= 4 is 29.7 Å². The molecule has 1 aromatic heterocycles. The van der Waals surface area contributed by atoms with Gasteiger partial charge in [0.15, 0.2) is 0 Å². The van der Waals surface area contributed by atoms with Gasteiger partial charge in [-0.05, 0) is 69.9 Å². The van der Waals surface area contributed by atoms with Crippen molar-refractivity contribution in [3.05, 3.63) is 76.1 Å². The fourth-order valence-corrected chi connectivity index (χ4v) is 4.15. The summed E-state index contributed by atoms with van der Waals surface area (Å²) in [5.41, 5.74) is 12.4. The van der Waals surface area contributed by atoms with E-state index in [-0.39, 0.29) is 16.6 Å². The Balaban J connectivity index is 0.000000381. The van der Waals surface area contributed by atoms with Gasteiger partial charge in [-0.1, -0.05) is 63.6 Å².